The standard InChI is InChI=1S/C23H20N2O/c1-2-4-19(5-3-1)17-26-21-7-8-22-20(16-21)12-15-25-23(22)9-6-18-10-13-24-14-11-18/h1-11,13-14,16H,12,15,17H2/b9-6+. The van der Waals surface area contributed by atoms with E-state index in [2.05, 4.69) is 46.4 Å². The third-order valence-corrected chi connectivity index (χ3v) is 4.40. The Balaban J connectivity index is 1.49. The maximum absolute atomic E-state index is 5.96. The average Bonchev–Trinajstić information content (AvgIpc) is 2.72. The molecule has 2 aromatic carbocycles. The van der Waals surface area contributed by atoms with Gasteiger partial charge in [-0.3, -0.25) is 9.98 Å². The first-order valence-electron chi connectivity index (χ1n) is 8.81. The van der Waals surface area contributed by atoms with Crippen molar-refractivity contribution in [3.8, 4) is 5.75 Å². The van der Waals surface area contributed by atoms with Crippen molar-refractivity contribution in [1.29, 1.82) is 0 Å². The van der Waals surface area contributed by atoms with Gasteiger partial charge in [0.1, 0.15) is 12.4 Å². The van der Waals surface area contributed by atoms with Gasteiger partial charge in [-0.2, -0.15) is 0 Å². The number of benzene rings is 2. The third kappa shape index (κ3) is 3.89. The first-order chi connectivity index (χ1) is 12.9. The van der Waals surface area contributed by atoms with Crippen molar-refractivity contribution in [2.24, 2.45) is 4.99 Å². The Bertz CT molecular complexity index is 931. The Hall–Kier alpha value is -3.20. The fourth-order valence-electron chi connectivity index (χ4n) is 3.03. The molecule has 1 aromatic heterocycles. The lowest BCUT2D eigenvalue weighted by atomic mass is 9.96. The van der Waals surface area contributed by atoms with E-state index < -0.39 is 0 Å². The number of ether oxygens (including phenoxy) is 1. The molecule has 0 amide bonds. The Labute approximate surface area is 153 Å². The predicted molar refractivity (Wildman–Crippen MR) is 106 cm³/mol. The van der Waals surface area contributed by atoms with Crippen molar-refractivity contribution < 1.29 is 4.74 Å². The minimum Gasteiger partial charge on any atom is -0.489 e. The molecule has 3 aromatic rings. The average molecular weight is 340 g/mol. The number of nitrogens with zero attached hydrogens (tertiary/aromatic N) is 2. The predicted octanol–water partition coefficient (Wildman–Crippen LogP) is 4.72. The summed E-state index contributed by atoms with van der Waals surface area (Å²) in [5.74, 6) is 0.909. The molecule has 0 aliphatic carbocycles. The van der Waals surface area contributed by atoms with Gasteiger partial charge in [0.05, 0.1) is 5.71 Å². The summed E-state index contributed by atoms with van der Waals surface area (Å²) in [5.41, 5.74) is 5.80. The maximum atomic E-state index is 5.96. The van der Waals surface area contributed by atoms with E-state index in [0.29, 0.717) is 6.61 Å². The van der Waals surface area contributed by atoms with Crippen LogP contribution in [0.1, 0.15) is 22.3 Å². The Morgan fingerprint density at radius 1 is 0.923 bits per heavy atom. The van der Waals surface area contributed by atoms with E-state index in [1.165, 1.54) is 16.7 Å². The summed E-state index contributed by atoms with van der Waals surface area (Å²) in [6.45, 7) is 1.40. The van der Waals surface area contributed by atoms with Gasteiger partial charge in [-0.1, -0.05) is 36.4 Å². The second kappa shape index (κ2) is 7.79. The minimum absolute atomic E-state index is 0.586. The van der Waals surface area contributed by atoms with Crippen molar-refractivity contribution in [3.63, 3.8) is 0 Å². The smallest absolute Gasteiger partial charge is 0.120 e. The maximum Gasteiger partial charge on any atom is 0.120 e. The Kier molecular flexibility index (Phi) is 4.88. The lowest BCUT2D eigenvalue weighted by Crippen LogP contribution is -2.11. The highest BCUT2D eigenvalue weighted by Crippen LogP contribution is 2.23. The number of hydrogen-bond acceptors (Lipinski definition) is 3. The molecular weight excluding hydrogens is 320 g/mol. The van der Waals surface area contributed by atoms with Crippen molar-refractivity contribution in [1.82, 2.24) is 4.98 Å². The number of allylic oxidation sites excluding steroid dienone is 1. The van der Waals surface area contributed by atoms with Crippen LogP contribution in [0, 0.1) is 0 Å². The number of hydrogen-bond donors (Lipinski definition) is 0. The zero-order valence-corrected chi connectivity index (χ0v) is 14.5. The van der Waals surface area contributed by atoms with Crippen LogP contribution in [0.25, 0.3) is 6.08 Å². The largest absolute Gasteiger partial charge is 0.489 e. The monoisotopic (exact) mass is 340 g/mol. The van der Waals surface area contributed by atoms with E-state index in [0.717, 1.165) is 30.0 Å². The molecular formula is C23H20N2O. The van der Waals surface area contributed by atoms with Crippen LogP contribution in [0.4, 0.5) is 0 Å². The zero-order chi connectivity index (χ0) is 17.6. The first kappa shape index (κ1) is 16.3. The van der Waals surface area contributed by atoms with Crippen LogP contribution in [0.15, 0.2) is 84.1 Å². The molecule has 26 heavy (non-hydrogen) atoms. The summed E-state index contributed by atoms with van der Waals surface area (Å²) in [6.07, 6.45) is 8.71. The molecule has 0 N–H and O–H groups in total. The fourth-order valence-corrected chi connectivity index (χ4v) is 3.03. The summed E-state index contributed by atoms with van der Waals surface area (Å²) in [4.78, 5) is 8.73. The molecule has 1 aliphatic rings. The molecule has 3 heteroatoms. The SMILES string of the molecule is C(=C\c1ccncc1)/C1=NCCc2cc(OCc3ccccc3)ccc21. The molecule has 0 spiro atoms. The van der Waals surface area contributed by atoms with E-state index in [4.69, 9.17) is 4.74 Å². The number of aromatic nitrogens is 1. The highest BCUT2D eigenvalue weighted by Gasteiger charge is 2.13. The van der Waals surface area contributed by atoms with Gasteiger partial charge in [-0.15, -0.1) is 0 Å². The molecule has 0 radical (unpaired) electrons. The van der Waals surface area contributed by atoms with Gasteiger partial charge in [0, 0.05) is 24.5 Å². The molecule has 0 saturated carbocycles. The van der Waals surface area contributed by atoms with E-state index in [1.54, 1.807) is 12.4 Å². The molecule has 0 unspecified atom stereocenters. The third-order valence-electron chi connectivity index (χ3n) is 4.40. The molecule has 1 aliphatic heterocycles. The topological polar surface area (TPSA) is 34.5 Å². The van der Waals surface area contributed by atoms with Gasteiger partial charge in [0.25, 0.3) is 0 Å². The van der Waals surface area contributed by atoms with Crippen LogP contribution in [0.2, 0.25) is 0 Å². The quantitative estimate of drug-likeness (QED) is 0.673. The van der Waals surface area contributed by atoms with Crippen LogP contribution in [-0.4, -0.2) is 17.2 Å². The molecule has 4 rings (SSSR count). The van der Waals surface area contributed by atoms with Crippen LogP contribution in [0.3, 0.4) is 0 Å². The molecule has 0 fully saturated rings. The first-order valence-corrected chi connectivity index (χ1v) is 8.81. The van der Waals surface area contributed by atoms with Crippen LogP contribution in [0.5, 0.6) is 5.75 Å². The number of rotatable bonds is 5. The van der Waals surface area contributed by atoms with Gasteiger partial charge < -0.3 is 4.74 Å². The second-order valence-electron chi connectivity index (χ2n) is 6.22. The highest BCUT2D eigenvalue weighted by molar-refractivity contribution is 6.12. The Morgan fingerprint density at radius 3 is 2.62 bits per heavy atom. The van der Waals surface area contributed by atoms with E-state index in [9.17, 15) is 0 Å². The number of pyridine rings is 1. The zero-order valence-electron chi connectivity index (χ0n) is 14.5. The summed E-state index contributed by atoms with van der Waals surface area (Å²) in [6, 6.07) is 20.5. The summed E-state index contributed by atoms with van der Waals surface area (Å²) >= 11 is 0. The Morgan fingerprint density at radius 2 is 1.77 bits per heavy atom. The molecule has 2 heterocycles. The second-order valence-corrected chi connectivity index (χ2v) is 6.22. The number of fused-ring (bicyclic) bond motifs is 1. The summed E-state index contributed by atoms with van der Waals surface area (Å²) < 4.78 is 5.96. The van der Waals surface area contributed by atoms with Crippen molar-refractivity contribution >= 4 is 11.8 Å². The minimum atomic E-state index is 0.586. The molecule has 128 valence electrons. The van der Waals surface area contributed by atoms with Gasteiger partial charge in [0.2, 0.25) is 0 Å². The van der Waals surface area contributed by atoms with E-state index >= 15 is 0 Å². The fraction of sp³-hybridized carbons (Fsp3) is 0.130. The van der Waals surface area contributed by atoms with Crippen molar-refractivity contribution in [3.05, 3.63) is 101 Å². The molecule has 0 atom stereocenters. The van der Waals surface area contributed by atoms with Gasteiger partial charge in [0.15, 0.2) is 0 Å². The summed E-state index contributed by atoms with van der Waals surface area (Å²) in [5, 5.41) is 0. The lowest BCUT2D eigenvalue weighted by molar-refractivity contribution is 0.306. The summed E-state index contributed by atoms with van der Waals surface area (Å²) in [7, 11) is 0. The van der Waals surface area contributed by atoms with Crippen molar-refractivity contribution in [2.75, 3.05) is 6.54 Å². The molecule has 0 saturated heterocycles. The highest BCUT2D eigenvalue weighted by atomic mass is 16.5. The van der Waals surface area contributed by atoms with Gasteiger partial charge >= 0.3 is 0 Å². The normalized spacial score (nSPS) is 13.3. The van der Waals surface area contributed by atoms with Gasteiger partial charge in [-0.05, 0) is 59.5 Å². The molecule has 3 nitrogen and oxygen atoms in total. The van der Waals surface area contributed by atoms with Crippen LogP contribution in [-0.2, 0) is 13.0 Å². The van der Waals surface area contributed by atoms with Crippen molar-refractivity contribution in [2.45, 2.75) is 13.0 Å². The van der Waals surface area contributed by atoms with Gasteiger partial charge in [-0.25, -0.2) is 0 Å². The van der Waals surface area contributed by atoms with E-state index in [-0.39, 0.29) is 0 Å². The van der Waals surface area contributed by atoms with Crippen LogP contribution >= 0.6 is 0 Å². The molecule has 0 bridgehead atoms. The lowest BCUT2D eigenvalue weighted by Gasteiger charge is -2.16. The number of aliphatic imine (C=N–C) groups is 1. The van der Waals surface area contributed by atoms with Crippen LogP contribution < -0.4 is 4.74 Å². The van der Waals surface area contributed by atoms with E-state index in [1.807, 2.05) is 36.4 Å².